The maximum absolute atomic E-state index is 12.1. The average molecular weight is 324 g/mol. The number of carbonyl (C=O) groups excluding carboxylic acids is 1. The number of nitrogens with zero attached hydrogens (tertiary/aromatic N) is 2. The zero-order chi connectivity index (χ0) is 16.9. The number of hydrogen-bond donors (Lipinski definition) is 2. The molecule has 1 saturated heterocycles. The molecule has 24 heavy (non-hydrogen) atoms. The Labute approximate surface area is 140 Å². The molecule has 6 nitrogen and oxygen atoms in total. The molecule has 2 N–H and O–H groups in total. The summed E-state index contributed by atoms with van der Waals surface area (Å²) in [4.78, 5) is 32.4. The fourth-order valence-corrected chi connectivity index (χ4v) is 2.95. The highest BCUT2D eigenvalue weighted by Crippen LogP contribution is 2.20. The van der Waals surface area contributed by atoms with Crippen molar-refractivity contribution in [1.29, 1.82) is 0 Å². The summed E-state index contributed by atoms with van der Waals surface area (Å²) in [5.41, 5.74) is 2.24. The second kappa shape index (κ2) is 7.12. The van der Waals surface area contributed by atoms with Crippen LogP contribution in [0.5, 0.6) is 0 Å². The molecule has 0 spiro atoms. The Bertz CT molecular complexity index is 785. The van der Waals surface area contributed by atoms with Crippen molar-refractivity contribution in [2.45, 2.75) is 18.9 Å². The van der Waals surface area contributed by atoms with E-state index in [1.165, 1.54) is 6.08 Å². The summed E-state index contributed by atoms with van der Waals surface area (Å²) >= 11 is 0. The second-order valence-electron chi connectivity index (χ2n) is 5.84. The molecule has 6 heteroatoms. The molecular weight excluding hydrogens is 304 g/mol. The van der Waals surface area contributed by atoms with Crippen molar-refractivity contribution in [3.63, 3.8) is 0 Å². The van der Waals surface area contributed by atoms with Gasteiger partial charge in [-0.2, -0.15) is 0 Å². The van der Waals surface area contributed by atoms with Gasteiger partial charge in [-0.15, -0.1) is 0 Å². The Balaban J connectivity index is 1.78. The van der Waals surface area contributed by atoms with Gasteiger partial charge in [-0.1, -0.05) is 6.58 Å². The number of aromatic amines is 1. The lowest BCUT2D eigenvalue weighted by Crippen LogP contribution is -2.45. The van der Waals surface area contributed by atoms with Crippen LogP contribution in [0.1, 0.15) is 12.8 Å². The molecule has 0 radical (unpaired) electrons. The van der Waals surface area contributed by atoms with E-state index in [1.54, 1.807) is 23.5 Å². The molecule has 2 aromatic rings. The Kier molecular flexibility index (Phi) is 4.74. The summed E-state index contributed by atoms with van der Waals surface area (Å²) in [6, 6.07) is 5.67. The number of anilines is 1. The average Bonchev–Trinajstić information content (AvgIpc) is 2.64. The zero-order valence-electron chi connectivity index (χ0n) is 13.4. The van der Waals surface area contributed by atoms with Crippen LogP contribution in [0.2, 0.25) is 0 Å². The maximum atomic E-state index is 12.1. The normalized spacial score (nSPS) is 17.3. The lowest BCUT2D eigenvalue weighted by atomic mass is 10.0. The van der Waals surface area contributed by atoms with Crippen molar-refractivity contribution in [1.82, 2.24) is 14.9 Å². The van der Waals surface area contributed by atoms with E-state index in [0.29, 0.717) is 12.2 Å². The molecule has 124 valence electrons. The van der Waals surface area contributed by atoms with Crippen LogP contribution in [0.25, 0.3) is 11.1 Å². The van der Waals surface area contributed by atoms with Crippen molar-refractivity contribution < 1.29 is 4.79 Å². The Morgan fingerprint density at radius 1 is 1.38 bits per heavy atom. The van der Waals surface area contributed by atoms with Crippen LogP contribution in [-0.2, 0) is 4.79 Å². The fraction of sp³-hybridized carbons (Fsp3) is 0.278. The van der Waals surface area contributed by atoms with Gasteiger partial charge in [0.25, 0.3) is 5.56 Å². The quantitative estimate of drug-likeness (QED) is 0.844. The number of likely N-dealkylation sites (tertiary alicyclic amines) is 1. The maximum Gasteiger partial charge on any atom is 0.271 e. The van der Waals surface area contributed by atoms with Gasteiger partial charge >= 0.3 is 0 Å². The Morgan fingerprint density at radius 3 is 2.92 bits per heavy atom. The van der Waals surface area contributed by atoms with E-state index < -0.39 is 0 Å². The molecule has 1 fully saturated rings. The van der Waals surface area contributed by atoms with Crippen molar-refractivity contribution >= 4 is 11.6 Å². The summed E-state index contributed by atoms with van der Waals surface area (Å²) in [5.74, 6) is -0.0686. The van der Waals surface area contributed by atoms with E-state index >= 15 is 0 Å². The number of aromatic nitrogens is 2. The molecule has 0 unspecified atom stereocenters. The predicted molar refractivity (Wildman–Crippen MR) is 93.7 cm³/mol. The van der Waals surface area contributed by atoms with Gasteiger partial charge < -0.3 is 15.2 Å². The number of pyridine rings is 2. The van der Waals surface area contributed by atoms with Crippen molar-refractivity contribution in [2.24, 2.45) is 0 Å². The topological polar surface area (TPSA) is 78.1 Å². The van der Waals surface area contributed by atoms with Crippen LogP contribution in [0, 0.1) is 0 Å². The van der Waals surface area contributed by atoms with Crippen molar-refractivity contribution in [3.05, 3.63) is 59.8 Å². The minimum atomic E-state index is -0.167. The van der Waals surface area contributed by atoms with Gasteiger partial charge in [0.1, 0.15) is 5.69 Å². The highest BCUT2D eigenvalue weighted by Gasteiger charge is 2.22. The van der Waals surface area contributed by atoms with E-state index in [-0.39, 0.29) is 17.5 Å². The number of hydrogen-bond acceptors (Lipinski definition) is 4. The van der Waals surface area contributed by atoms with Gasteiger partial charge in [0.05, 0.1) is 0 Å². The fourth-order valence-electron chi connectivity index (χ4n) is 2.95. The first-order valence-corrected chi connectivity index (χ1v) is 7.98. The van der Waals surface area contributed by atoms with E-state index in [9.17, 15) is 9.59 Å². The van der Waals surface area contributed by atoms with Crippen molar-refractivity contribution in [3.8, 4) is 11.1 Å². The van der Waals surface area contributed by atoms with Gasteiger partial charge in [0, 0.05) is 43.3 Å². The first-order valence-electron chi connectivity index (χ1n) is 7.98. The third-order valence-electron chi connectivity index (χ3n) is 4.18. The van der Waals surface area contributed by atoms with Crippen LogP contribution >= 0.6 is 0 Å². The summed E-state index contributed by atoms with van der Waals surface area (Å²) in [5, 5.41) is 3.28. The lowest BCUT2D eigenvalue weighted by molar-refractivity contribution is -0.127. The molecule has 1 atom stereocenters. The van der Waals surface area contributed by atoms with Gasteiger partial charge in [-0.3, -0.25) is 14.6 Å². The third kappa shape index (κ3) is 3.53. The predicted octanol–water partition coefficient (Wildman–Crippen LogP) is 2.03. The summed E-state index contributed by atoms with van der Waals surface area (Å²) < 4.78 is 0. The third-order valence-corrected chi connectivity index (χ3v) is 4.18. The standard InChI is InChI=1S/C18H20N4O2/c1-2-17(23)22-9-3-4-15(12-22)21-16-10-14(11-20-18(16)24)13-5-7-19-8-6-13/h2,5-8,10-11,15,21H,1,3-4,9,12H2,(H,20,24)/t15-/m0/s1. The van der Waals surface area contributed by atoms with Gasteiger partial charge in [-0.25, -0.2) is 0 Å². The molecule has 0 aromatic carbocycles. The highest BCUT2D eigenvalue weighted by atomic mass is 16.2. The molecule has 0 saturated carbocycles. The molecule has 3 rings (SSSR count). The summed E-state index contributed by atoms with van der Waals surface area (Å²) in [6.07, 6.45) is 8.27. The van der Waals surface area contributed by atoms with Gasteiger partial charge in [0.15, 0.2) is 0 Å². The SMILES string of the molecule is C=CC(=O)N1CCC[C@H](Nc2cc(-c3ccncc3)c[nH]c2=O)C1. The van der Waals surface area contributed by atoms with Gasteiger partial charge in [0.2, 0.25) is 5.91 Å². The molecule has 0 aliphatic carbocycles. The molecule has 1 aliphatic heterocycles. The van der Waals surface area contributed by atoms with E-state index in [0.717, 1.165) is 30.5 Å². The minimum absolute atomic E-state index is 0.0523. The Morgan fingerprint density at radius 2 is 2.17 bits per heavy atom. The van der Waals surface area contributed by atoms with Crippen LogP contribution < -0.4 is 10.9 Å². The first-order chi connectivity index (χ1) is 11.7. The molecular formula is C18H20N4O2. The number of carbonyl (C=O) groups is 1. The van der Waals surface area contributed by atoms with Crippen LogP contribution in [-0.4, -0.2) is 39.9 Å². The largest absolute Gasteiger partial charge is 0.376 e. The van der Waals surface area contributed by atoms with E-state index in [4.69, 9.17) is 0 Å². The summed E-state index contributed by atoms with van der Waals surface area (Å²) in [6.45, 7) is 4.84. The highest BCUT2D eigenvalue weighted by molar-refractivity contribution is 5.87. The molecule has 3 heterocycles. The summed E-state index contributed by atoms with van der Waals surface area (Å²) in [7, 11) is 0. The molecule has 1 amide bonds. The van der Waals surface area contributed by atoms with Crippen molar-refractivity contribution in [2.75, 3.05) is 18.4 Å². The second-order valence-corrected chi connectivity index (χ2v) is 5.84. The van der Waals surface area contributed by atoms with Crippen LogP contribution in [0.3, 0.4) is 0 Å². The van der Waals surface area contributed by atoms with Gasteiger partial charge in [-0.05, 0) is 42.7 Å². The number of piperidine rings is 1. The number of H-pyrrole nitrogens is 1. The lowest BCUT2D eigenvalue weighted by Gasteiger charge is -2.32. The van der Waals surface area contributed by atoms with Crippen LogP contribution in [0.15, 0.2) is 54.2 Å². The Hall–Kier alpha value is -2.89. The minimum Gasteiger partial charge on any atom is -0.376 e. The number of rotatable bonds is 4. The smallest absolute Gasteiger partial charge is 0.271 e. The number of nitrogens with one attached hydrogen (secondary N) is 2. The molecule has 0 bridgehead atoms. The zero-order valence-corrected chi connectivity index (χ0v) is 13.4. The first kappa shape index (κ1) is 16.0. The van der Waals surface area contributed by atoms with Crippen LogP contribution in [0.4, 0.5) is 5.69 Å². The molecule has 2 aromatic heterocycles. The van der Waals surface area contributed by atoms with E-state index in [2.05, 4.69) is 21.9 Å². The monoisotopic (exact) mass is 324 g/mol. The van der Waals surface area contributed by atoms with E-state index in [1.807, 2.05) is 18.2 Å². The number of amides is 1. The molecule has 1 aliphatic rings.